The van der Waals surface area contributed by atoms with Crippen LogP contribution in [0.3, 0.4) is 0 Å². The van der Waals surface area contributed by atoms with Gasteiger partial charge in [-0.15, -0.1) is 0 Å². The number of ketones is 1. The van der Waals surface area contributed by atoms with E-state index in [0.29, 0.717) is 11.2 Å². The molecule has 2 nitrogen and oxygen atoms in total. The van der Waals surface area contributed by atoms with E-state index < -0.39 is 0 Å². The number of rotatable bonds is 2. The van der Waals surface area contributed by atoms with E-state index >= 15 is 0 Å². The molecule has 1 saturated carbocycles. The molecule has 1 heterocycles. The SMILES string of the molecule is CC(=O)C1(N2CCCC2)CCC(C)(C)CC1. The van der Waals surface area contributed by atoms with Crippen molar-refractivity contribution in [2.24, 2.45) is 5.41 Å². The Morgan fingerprint density at radius 2 is 1.50 bits per heavy atom. The van der Waals surface area contributed by atoms with Crippen LogP contribution >= 0.6 is 0 Å². The zero-order chi connectivity index (χ0) is 11.8. The first-order chi connectivity index (χ1) is 7.46. The lowest BCUT2D eigenvalue weighted by Crippen LogP contribution is -2.55. The molecule has 0 unspecified atom stereocenters. The van der Waals surface area contributed by atoms with E-state index in [1.54, 1.807) is 6.92 Å². The van der Waals surface area contributed by atoms with Crippen LogP contribution in [0.2, 0.25) is 0 Å². The van der Waals surface area contributed by atoms with Gasteiger partial charge in [0.05, 0.1) is 5.54 Å². The van der Waals surface area contributed by atoms with Crippen LogP contribution in [0.4, 0.5) is 0 Å². The quantitative estimate of drug-likeness (QED) is 0.717. The summed E-state index contributed by atoms with van der Waals surface area (Å²) in [6.07, 6.45) is 7.10. The van der Waals surface area contributed by atoms with Crippen molar-refractivity contribution in [3.05, 3.63) is 0 Å². The van der Waals surface area contributed by atoms with Gasteiger partial charge in [-0.25, -0.2) is 0 Å². The van der Waals surface area contributed by atoms with E-state index in [2.05, 4.69) is 18.7 Å². The Labute approximate surface area is 99.4 Å². The second-order valence-corrected chi connectivity index (χ2v) is 6.45. The minimum absolute atomic E-state index is 0.0912. The molecule has 0 aromatic heterocycles. The molecule has 0 spiro atoms. The van der Waals surface area contributed by atoms with Crippen molar-refractivity contribution in [3.63, 3.8) is 0 Å². The van der Waals surface area contributed by atoms with Crippen LogP contribution in [0.15, 0.2) is 0 Å². The van der Waals surface area contributed by atoms with E-state index in [0.717, 1.165) is 25.9 Å². The van der Waals surface area contributed by atoms with Gasteiger partial charge in [0.2, 0.25) is 0 Å². The summed E-state index contributed by atoms with van der Waals surface area (Å²) in [7, 11) is 0. The van der Waals surface area contributed by atoms with Gasteiger partial charge in [0.25, 0.3) is 0 Å². The Bertz CT molecular complexity index is 266. The van der Waals surface area contributed by atoms with Crippen LogP contribution in [0.5, 0.6) is 0 Å². The molecule has 1 aliphatic carbocycles. The fourth-order valence-corrected chi connectivity index (χ4v) is 3.38. The number of likely N-dealkylation sites (tertiary alicyclic amines) is 1. The molecule has 0 bridgehead atoms. The summed E-state index contributed by atoms with van der Waals surface area (Å²) in [6.45, 7) is 8.75. The summed E-state index contributed by atoms with van der Waals surface area (Å²) in [5.41, 5.74) is 0.352. The molecule has 0 amide bonds. The van der Waals surface area contributed by atoms with E-state index in [1.165, 1.54) is 25.7 Å². The predicted molar refractivity (Wildman–Crippen MR) is 66.5 cm³/mol. The molecule has 92 valence electrons. The first kappa shape index (κ1) is 12.1. The highest BCUT2D eigenvalue weighted by molar-refractivity contribution is 5.86. The average Bonchev–Trinajstić information content (AvgIpc) is 2.71. The number of carbonyl (C=O) groups is 1. The second kappa shape index (κ2) is 4.14. The molecule has 2 fully saturated rings. The number of hydrogen-bond donors (Lipinski definition) is 0. The normalized spacial score (nSPS) is 29.2. The molecular formula is C14H25NO. The Morgan fingerprint density at radius 3 is 1.94 bits per heavy atom. The fourth-order valence-electron chi connectivity index (χ4n) is 3.38. The van der Waals surface area contributed by atoms with Gasteiger partial charge in [0.1, 0.15) is 5.78 Å². The zero-order valence-corrected chi connectivity index (χ0v) is 11.0. The zero-order valence-electron chi connectivity index (χ0n) is 11.0. The standard InChI is InChI=1S/C14H25NO/c1-12(16)14(15-10-4-5-11-15)8-6-13(2,3)7-9-14/h4-11H2,1-3H3. The van der Waals surface area contributed by atoms with Crippen LogP contribution in [0, 0.1) is 5.41 Å². The summed E-state index contributed by atoms with van der Waals surface area (Å²) in [5, 5.41) is 0. The van der Waals surface area contributed by atoms with Gasteiger partial charge in [-0.05, 0) is 64.0 Å². The summed E-state index contributed by atoms with van der Waals surface area (Å²) in [4.78, 5) is 14.6. The van der Waals surface area contributed by atoms with E-state index in [1.807, 2.05) is 0 Å². The van der Waals surface area contributed by atoms with Crippen LogP contribution in [-0.2, 0) is 4.79 Å². The van der Waals surface area contributed by atoms with Gasteiger partial charge in [-0.2, -0.15) is 0 Å². The molecular weight excluding hydrogens is 198 g/mol. The lowest BCUT2D eigenvalue weighted by Gasteiger charge is -2.47. The maximum atomic E-state index is 12.1. The summed E-state index contributed by atoms with van der Waals surface area (Å²) in [6, 6.07) is 0. The Hall–Kier alpha value is -0.370. The minimum Gasteiger partial charge on any atom is -0.298 e. The first-order valence-electron chi connectivity index (χ1n) is 6.72. The van der Waals surface area contributed by atoms with Crippen LogP contribution in [0.1, 0.15) is 59.3 Å². The van der Waals surface area contributed by atoms with Gasteiger partial charge >= 0.3 is 0 Å². The molecule has 0 aromatic rings. The number of carbonyl (C=O) groups excluding carboxylic acids is 1. The highest BCUT2D eigenvalue weighted by Gasteiger charge is 2.46. The van der Waals surface area contributed by atoms with Gasteiger partial charge in [0.15, 0.2) is 0 Å². The maximum Gasteiger partial charge on any atom is 0.150 e. The van der Waals surface area contributed by atoms with Gasteiger partial charge in [0, 0.05) is 0 Å². The summed E-state index contributed by atoms with van der Waals surface area (Å²) < 4.78 is 0. The number of hydrogen-bond acceptors (Lipinski definition) is 2. The molecule has 1 aliphatic heterocycles. The third-order valence-corrected chi connectivity index (χ3v) is 4.80. The van der Waals surface area contributed by atoms with Gasteiger partial charge < -0.3 is 0 Å². The van der Waals surface area contributed by atoms with Crippen molar-refractivity contribution in [3.8, 4) is 0 Å². The molecule has 0 aromatic carbocycles. The van der Waals surface area contributed by atoms with E-state index in [4.69, 9.17) is 0 Å². The van der Waals surface area contributed by atoms with Crippen molar-refractivity contribution in [1.29, 1.82) is 0 Å². The number of Topliss-reactive ketones (excluding diaryl/α,β-unsaturated/α-hetero) is 1. The van der Waals surface area contributed by atoms with Crippen molar-refractivity contribution in [2.45, 2.75) is 64.8 Å². The Morgan fingerprint density at radius 1 is 1.00 bits per heavy atom. The van der Waals surface area contributed by atoms with Gasteiger partial charge in [-0.3, -0.25) is 9.69 Å². The van der Waals surface area contributed by atoms with Crippen molar-refractivity contribution in [1.82, 2.24) is 4.90 Å². The second-order valence-electron chi connectivity index (χ2n) is 6.45. The van der Waals surface area contributed by atoms with Crippen LogP contribution < -0.4 is 0 Å². The Balaban J connectivity index is 2.14. The number of nitrogens with zero attached hydrogens (tertiary/aromatic N) is 1. The third-order valence-electron chi connectivity index (χ3n) is 4.80. The van der Waals surface area contributed by atoms with Crippen molar-refractivity contribution >= 4 is 5.78 Å². The van der Waals surface area contributed by atoms with Crippen molar-refractivity contribution in [2.75, 3.05) is 13.1 Å². The van der Waals surface area contributed by atoms with E-state index in [-0.39, 0.29) is 5.54 Å². The fraction of sp³-hybridized carbons (Fsp3) is 0.929. The van der Waals surface area contributed by atoms with Crippen LogP contribution in [-0.4, -0.2) is 29.3 Å². The van der Waals surface area contributed by atoms with Gasteiger partial charge in [-0.1, -0.05) is 13.8 Å². The molecule has 16 heavy (non-hydrogen) atoms. The molecule has 2 rings (SSSR count). The first-order valence-corrected chi connectivity index (χ1v) is 6.72. The molecule has 0 radical (unpaired) electrons. The molecule has 0 N–H and O–H groups in total. The average molecular weight is 223 g/mol. The third kappa shape index (κ3) is 2.04. The highest BCUT2D eigenvalue weighted by atomic mass is 16.1. The molecule has 0 atom stereocenters. The topological polar surface area (TPSA) is 20.3 Å². The summed E-state index contributed by atoms with van der Waals surface area (Å²) >= 11 is 0. The lowest BCUT2D eigenvalue weighted by molar-refractivity contribution is -0.132. The minimum atomic E-state index is -0.0912. The molecule has 1 saturated heterocycles. The van der Waals surface area contributed by atoms with Crippen molar-refractivity contribution < 1.29 is 4.79 Å². The lowest BCUT2D eigenvalue weighted by atomic mass is 9.67. The van der Waals surface area contributed by atoms with Crippen LogP contribution in [0.25, 0.3) is 0 Å². The predicted octanol–water partition coefficient (Wildman–Crippen LogP) is 3.01. The largest absolute Gasteiger partial charge is 0.298 e. The summed E-state index contributed by atoms with van der Waals surface area (Å²) in [5.74, 6) is 0.407. The monoisotopic (exact) mass is 223 g/mol. The highest BCUT2D eigenvalue weighted by Crippen LogP contribution is 2.44. The maximum absolute atomic E-state index is 12.1. The Kier molecular flexibility index (Phi) is 3.13. The molecule has 2 heteroatoms. The smallest absolute Gasteiger partial charge is 0.150 e. The van der Waals surface area contributed by atoms with E-state index in [9.17, 15) is 4.79 Å². The molecule has 2 aliphatic rings.